The first-order valence-corrected chi connectivity index (χ1v) is 33.3. The van der Waals surface area contributed by atoms with Gasteiger partial charge in [0.05, 0.1) is 58.1 Å². The van der Waals surface area contributed by atoms with Crippen LogP contribution in [-0.4, -0.2) is 144 Å². The second-order valence-corrected chi connectivity index (χ2v) is 27.4. The number of aliphatic hydroxyl groups excluding tert-OH is 1. The first-order chi connectivity index (χ1) is 46.8. The molecule has 2 saturated heterocycles. The molecule has 24 nitrogen and oxygen atoms in total. The van der Waals surface area contributed by atoms with E-state index in [2.05, 4.69) is 30.8 Å². The number of likely N-dealkylation sites (tertiary alicyclic amines) is 2. The minimum absolute atomic E-state index is 0.0192. The molecule has 2 unspecified atom stereocenters. The highest BCUT2D eigenvalue weighted by molar-refractivity contribution is 6.34. The standard InChI is InChI=1S/C35H38ClF3N8O5.C32H36ClF3N6O5/c1-4-5-6-21(10-16-48)29-43-33-46(20(3)30(50)42-24-8-7-22(17-23(24)36)35(37,38)39)25-9-11-34(26(25)31(51)47(33)44-29)12-14-45(15-13-34)32(52)27-28(49)19(2)40-18-41-27;1-18(26(43)37-22-6-5-20(17-21(22)33)32(34,35)36)41-23-7-10-31(11-13-40(14-12-31)29(45)47-30(2,3)4)24(23)27(44)42-28(41)38-25(39-42)19-8-15-46-16-9-19/h7-8,10,17-18,20,48-49H,4-6,9,11-16H2,1-3H3,(H,42,50);5-6,8,17-18H,7,9-16H2,1-4H3,(H,37,43)/b21-10+;. The summed E-state index contributed by atoms with van der Waals surface area (Å²) < 4.78 is 96.2. The Bertz CT molecular complexity index is 4540. The number of piperidine rings is 2. The van der Waals surface area contributed by atoms with Crippen LogP contribution in [0.1, 0.15) is 179 Å². The van der Waals surface area contributed by atoms with Crippen LogP contribution in [0.3, 0.4) is 0 Å². The number of carbonyl (C=O) groups excluding carboxylic acids is 4. The molecule has 12 rings (SSSR count). The van der Waals surface area contributed by atoms with Crippen LogP contribution < -0.4 is 21.8 Å². The number of hydrogen-bond donors (Lipinski definition) is 4. The zero-order valence-electron chi connectivity index (χ0n) is 55.3. The number of fused-ring (bicyclic) bond motifs is 6. The summed E-state index contributed by atoms with van der Waals surface area (Å²) in [6, 6.07) is 3.38. The maximum atomic E-state index is 14.5. The first-order valence-electron chi connectivity index (χ1n) is 32.6. The lowest BCUT2D eigenvalue weighted by atomic mass is 9.74. The zero-order valence-corrected chi connectivity index (χ0v) is 56.8. The van der Waals surface area contributed by atoms with Crippen molar-refractivity contribution in [2.24, 2.45) is 0 Å². The summed E-state index contributed by atoms with van der Waals surface area (Å²) in [6.07, 6.45) is 1.68. The molecule has 32 heteroatoms. The Morgan fingerprint density at radius 3 is 1.73 bits per heavy atom. The lowest BCUT2D eigenvalue weighted by molar-refractivity contribution is -0.138. The molecule has 0 radical (unpaired) electrons. The Labute approximate surface area is 573 Å². The van der Waals surface area contributed by atoms with Crippen LogP contribution in [0.2, 0.25) is 10.0 Å². The van der Waals surface area contributed by atoms with Crippen molar-refractivity contribution in [3.8, 4) is 5.75 Å². The number of halogens is 8. The van der Waals surface area contributed by atoms with Crippen LogP contribution >= 0.6 is 23.2 Å². The summed E-state index contributed by atoms with van der Waals surface area (Å²) in [5.41, 5.74) is -0.645. The van der Waals surface area contributed by atoms with Crippen molar-refractivity contribution in [2.75, 3.05) is 56.6 Å². The van der Waals surface area contributed by atoms with Gasteiger partial charge < -0.3 is 49.3 Å². The summed E-state index contributed by atoms with van der Waals surface area (Å²) >= 11 is 12.3. The monoisotopic (exact) mass is 1420 g/mol. The molecule has 8 heterocycles. The quantitative estimate of drug-likeness (QED) is 0.0781. The van der Waals surface area contributed by atoms with Crippen molar-refractivity contribution >= 4 is 81.1 Å². The van der Waals surface area contributed by atoms with Gasteiger partial charge in [-0.1, -0.05) is 48.7 Å². The fourth-order valence-corrected chi connectivity index (χ4v) is 14.4. The Morgan fingerprint density at radius 1 is 0.737 bits per heavy atom. The number of benzene rings is 2. The maximum absolute atomic E-state index is 14.5. The lowest BCUT2D eigenvalue weighted by Crippen LogP contribution is -2.48. The van der Waals surface area contributed by atoms with Gasteiger partial charge in [-0.2, -0.15) is 45.3 Å². The van der Waals surface area contributed by atoms with Gasteiger partial charge in [-0.3, -0.25) is 24.0 Å². The second kappa shape index (κ2) is 27.8. The summed E-state index contributed by atoms with van der Waals surface area (Å²) in [5.74, 6) is -1.05. The third-order valence-electron chi connectivity index (χ3n) is 19.2. The Balaban J connectivity index is 0.000000201. The van der Waals surface area contributed by atoms with Crippen molar-refractivity contribution in [1.82, 2.24) is 58.1 Å². The minimum atomic E-state index is -4.62. The predicted molar refractivity (Wildman–Crippen MR) is 353 cm³/mol. The molecule has 5 aliphatic rings. The summed E-state index contributed by atoms with van der Waals surface area (Å²) in [5, 5.41) is 34.1. The number of alkyl halides is 6. The number of rotatable bonds is 13. The molecular formula is C67H74Cl2F6N14O10. The number of nitrogens with zero attached hydrogens (tertiary/aromatic N) is 12. The highest BCUT2D eigenvalue weighted by Crippen LogP contribution is 2.48. The average Bonchev–Trinajstić information content (AvgIpc) is 1.58. The molecule has 528 valence electrons. The smallest absolute Gasteiger partial charge is 0.416 e. The van der Waals surface area contributed by atoms with Crippen molar-refractivity contribution < 1.29 is 65.2 Å². The van der Waals surface area contributed by atoms with Gasteiger partial charge in [0.1, 0.15) is 24.0 Å². The van der Waals surface area contributed by atoms with Gasteiger partial charge in [0.2, 0.25) is 23.4 Å². The summed E-state index contributed by atoms with van der Waals surface area (Å²) in [6.45, 7) is 14.2. The fourth-order valence-electron chi connectivity index (χ4n) is 13.9. The van der Waals surface area contributed by atoms with Crippen LogP contribution in [0.5, 0.6) is 5.75 Å². The van der Waals surface area contributed by atoms with Gasteiger partial charge >= 0.3 is 18.4 Å². The summed E-state index contributed by atoms with van der Waals surface area (Å²) in [4.78, 5) is 103. The van der Waals surface area contributed by atoms with Crippen molar-refractivity contribution in [3.05, 3.63) is 142 Å². The van der Waals surface area contributed by atoms with E-state index in [0.29, 0.717) is 124 Å². The van der Waals surface area contributed by atoms with Crippen LogP contribution in [0.4, 0.5) is 42.5 Å². The predicted octanol–water partition coefficient (Wildman–Crippen LogP) is 11.0. The van der Waals surface area contributed by atoms with Gasteiger partial charge in [0.25, 0.3) is 17.0 Å². The van der Waals surface area contributed by atoms with E-state index in [0.717, 1.165) is 54.8 Å². The van der Waals surface area contributed by atoms with E-state index in [9.17, 15) is 65.3 Å². The molecule has 2 atom stereocenters. The third-order valence-corrected chi connectivity index (χ3v) is 19.9. The number of anilines is 2. The highest BCUT2D eigenvalue weighted by atomic mass is 35.5. The number of unbranched alkanes of at least 4 members (excludes halogenated alkanes) is 1. The number of carbonyl (C=O) groups is 4. The van der Waals surface area contributed by atoms with Gasteiger partial charge in [0.15, 0.2) is 23.1 Å². The molecule has 99 heavy (non-hydrogen) atoms. The minimum Gasteiger partial charge on any atom is -0.504 e. The topological polar surface area (TPSA) is 288 Å². The van der Waals surface area contributed by atoms with Crippen LogP contribution in [0.15, 0.2) is 64.5 Å². The van der Waals surface area contributed by atoms with Gasteiger partial charge in [-0.25, -0.2) is 14.8 Å². The number of nitrogens with one attached hydrogen (secondary N) is 2. The molecule has 2 aromatic carbocycles. The van der Waals surface area contributed by atoms with Crippen molar-refractivity contribution in [2.45, 2.75) is 166 Å². The number of hydrogen-bond acceptors (Lipinski definition) is 16. The highest BCUT2D eigenvalue weighted by Gasteiger charge is 2.50. The van der Waals surface area contributed by atoms with Crippen molar-refractivity contribution in [3.63, 3.8) is 0 Å². The number of ether oxygens (including phenoxy) is 2. The molecule has 2 aliphatic carbocycles. The van der Waals surface area contributed by atoms with Gasteiger partial charge in [0, 0.05) is 59.5 Å². The number of aliphatic hydroxyl groups is 1. The lowest BCUT2D eigenvalue weighted by Gasteiger charge is -2.40. The first kappa shape index (κ1) is 71.5. The van der Waals surface area contributed by atoms with E-state index >= 15 is 0 Å². The van der Waals surface area contributed by atoms with Crippen LogP contribution in [0.25, 0.3) is 22.7 Å². The van der Waals surface area contributed by atoms with E-state index in [1.807, 2.05) is 33.8 Å². The van der Waals surface area contributed by atoms with Crippen LogP contribution in [0, 0.1) is 6.92 Å². The van der Waals surface area contributed by atoms with E-state index < -0.39 is 81.4 Å². The van der Waals surface area contributed by atoms with E-state index in [1.165, 1.54) is 15.4 Å². The van der Waals surface area contributed by atoms with Gasteiger partial charge in [-0.05, 0) is 160 Å². The molecule has 3 aliphatic heterocycles. The maximum Gasteiger partial charge on any atom is 0.416 e. The van der Waals surface area contributed by atoms with Crippen LogP contribution in [-0.2, 0) is 55.1 Å². The zero-order chi connectivity index (χ0) is 71.4. The molecule has 0 saturated carbocycles. The molecule has 4 amide bonds. The third kappa shape index (κ3) is 14.1. The number of allylic oxidation sites excluding steroid dienone is 1. The normalized spacial score (nSPS) is 17.5. The number of amides is 4. The van der Waals surface area contributed by atoms with E-state index in [-0.39, 0.29) is 81.2 Å². The molecule has 0 bridgehead atoms. The van der Waals surface area contributed by atoms with E-state index in [4.69, 9.17) is 42.6 Å². The SMILES string of the molecule is CC(C(=O)Nc1ccc(C(F)(F)F)cc1Cl)n1c2c(c(=O)n3nc(C4=CCOCC4)nc13)C1(CC2)CCN(C(=O)OC(C)(C)C)CC1.CCCC/C(=C\CO)c1nc2n(C(C)C(=O)Nc3ccc(C(F)(F)F)cc3Cl)c3c(c(=O)n2n1)C1(CC3)CCN(C(=O)c2ncnc(C)c2O)CC1. The number of aryl methyl sites for hydroxylation is 1. The van der Waals surface area contributed by atoms with E-state index in [1.54, 1.807) is 45.8 Å². The average molecular weight is 1420 g/mol. The van der Waals surface area contributed by atoms with Gasteiger partial charge in [-0.15, -0.1) is 10.2 Å². The fraction of sp³-hybridized carbons (Fsp3) is 0.493. The largest absolute Gasteiger partial charge is 0.504 e. The molecule has 2 fully saturated rings. The van der Waals surface area contributed by atoms with Crippen molar-refractivity contribution in [1.29, 1.82) is 0 Å². The number of aromatic hydroxyl groups is 1. The molecule has 4 N–H and O–H groups in total. The molecule has 2 spiro atoms. The Hall–Kier alpha value is -8.74. The molecule has 7 aromatic rings. The Morgan fingerprint density at radius 2 is 1.25 bits per heavy atom. The number of aromatic nitrogens is 10. The second-order valence-electron chi connectivity index (χ2n) is 26.5. The Kier molecular flexibility index (Phi) is 20.1. The summed E-state index contributed by atoms with van der Waals surface area (Å²) in [7, 11) is 0. The molecule has 5 aromatic heterocycles. The molecular weight excluding hydrogens is 1350 g/mol.